The number of carbonyl (C=O) groups excluding carboxylic acids is 1. The van der Waals surface area contributed by atoms with Crippen molar-refractivity contribution in [3.8, 4) is 5.75 Å². The summed E-state index contributed by atoms with van der Waals surface area (Å²) in [6.45, 7) is 2.03. The van der Waals surface area contributed by atoms with E-state index in [1.54, 1.807) is 19.2 Å². The molecule has 7 nitrogen and oxygen atoms in total. The number of aryl methyl sites for hydroxylation is 1. The van der Waals surface area contributed by atoms with Gasteiger partial charge in [-0.2, -0.15) is 0 Å². The summed E-state index contributed by atoms with van der Waals surface area (Å²) in [5, 5.41) is 2.80. The van der Waals surface area contributed by atoms with Crippen LogP contribution < -0.4 is 21.2 Å². The van der Waals surface area contributed by atoms with E-state index in [0.29, 0.717) is 11.4 Å². The Hall–Kier alpha value is -3.61. The Bertz CT molecular complexity index is 1110. The smallest absolute Gasteiger partial charge is 0.316 e. The molecule has 0 aliphatic rings. The number of methoxy groups -OCH3 is 1. The lowest BCUT2D eigenvalue weighted by molar-refractivity contribution is -0.116. The number of carbonyl (C=O) groups is 1. The van der Waals surface area contributed by atoms with Crippen molar-refractivity contribution < 1.29 is 9.53 Å². The fraction of sp³-hybridized carbons (Fsp3) is 0.227. The minimum atomic E-state index is -0.736. The van der Waals surface area contributed by atoms with E-state index in [9.17, 15) is 14.4 Å². The van der Waals surface area contributed by atoms with Gasteiger partial charge in [0.05, 0.1) is 13.7 Å². The zero-order valence-electron chi connectivity index (χ0n) is 16.4. The van der Waals surface area contributed by atoms with Gasteiger partial charge in [0.25, 0.3) is 0 Å². The maximum absolute atomic E-state index is 12.4. The first-order valence-electron chi connectivity index (χ1n) is 9.32. The molecule has 0 radical (unpaired) electrons. The van der Waals surface area contributed by atoms with Crippen molar-refractivity contribution in [1.82, 2.24) is 9.13 Å². The fourth-order valence-electron chi connectivity index (χ4n) is 3.01. The molecule has 0 bridgehead atoms. The van der Waals surface area contributed by atoms with E-state index in [0.717, 1.165) is 22.1 Å². The maximum atomic E-state index is 12.4. The number of nitrogens with one attached hydrogen (secondary N) is 1. The predicted molar refractivity (Wildman–Crippen MR) is 112 cm³/mol. The molecule has 1 aromatic heterocycles. The predicted octanol–water partition coefficient (Wildman–Crippen LogP) is 2.27. The molecule has 150 valence electrons. The van der Waals surface area contributed by atoms with E-state index in [-0.39, 0.29) is 19.0 Å². The van der Waals surface area contributed by atoms with E-state index >= 15 is 0 Å². The largest absolute Gasteiger partial charge is 0.497 e. The second-order valence-corrected chi connectivity index (χ2v) is 6.57. The highest BCUT2D eigenvalue weighted by molar-refractivity contribution is 5.91. The fourth-order valence-corrected chi connectivity index (χ4v) is 3.01. The summed E-state index contributed by atoms with van der Waals surface area (Å²) in [5.41, 5.74) is 1.16. The average molecular weight is 393 g/mol. The van der Waals surface area contributed by atoms with Crippen molar-refractivity contribution in [2.45, 2.75) is 26.4 Å². The summed E-state index contributed by atoms with van der Waals surface area (Å²) < 4.78 is 7.56. The highest BCUT2D eigenvalue weighted by Crippen LogP contribution is 2.15. The zero-order valence-corrected chi connectivity index (χ0v) is 16.4. The summed E-state index contributed by atoms with van der Waals surface area (Å²) in [6.07, 6.45) is 3.75. The number of benzene rings is 2. The van der Waals surface area contributed by atoms with Crippen LogP contribution in [0.4, 0.5) is 5.69 Å². The second-order valence-electron chi connectivity index (χ2n) is 6.57. The van der Waals surface area contributed by atoms with Gasteiger partial charge in [-0.05, 0) is 35.7 Å². The number of rotatable bonds is 7. The maximum Gasteiger partial charge on any atom is 0.316 e. The molecule has 1 N–H and O–H groups in total. The van der Waals surface area contributed by atoms with Crippen LogP contribution in [0.25, 0.3) is 0 Å². The first-order valence-corrected chi connectivity index (χ1v) is 9.32. The first kappa shape index (κ1) is 20.1. The summed E-state index contributed by atoms with van der Waals surface area (Å²) in [7, 11) is 1.58. The van der Waals surface area contributed by atoms with E-state index in [4.69, 9.17) is 4.74 Å². The van der Waals surface area contributed by atoms with E-state index in [2.05, 4.69) is 5.32 Å². The molecule has 3 rings (SSSR count). The first-order chi connectivity index (χ1) is 14.0. The summed E-state index contributed by atoms with van der Waals surface area (Å²) in [6, 6.07) is 14.7. The van der Waals surface area contributed by atoms with E-state index in [1.807, 2.05) is 43.3 Å². The SMILES string of the molecule is CCc1ccccc1NC(=O)Cn1ccn(Cc2ccc(OC)cc2)c(=O)c1=O. The molecule has 0 saturated heterocycles. The summed E-state index contributed by atoms with van der Waals surface area (Å²) in [5.74, 6) is 0.354. The van der Waals surface area contributed by atoms with Crippen LogP contribution in [-0.4, -0.2) is 22.2 Å². The van der Waals surface area contributed by atoms with Crippen molar-refractivity contribution in [3.05, 3.63) is 92.8 Å². The molecule has 0 aliphatic carbocycles. The Morgan fingerprint density at radius 3 is 2.31 bits per heavy atom. The third-order valence-electron chi connectivity index (χ3n) is 4.63. The Morgan fingerprint density at radius 1 is 0.966 bits per heavy atom. The van der Waals surface area contributed by atoms with Gasteiger partial charge in [-0.15, -0.1) is 0 Å². The van der Waals surface area contributed by atoms with Crippen molar-refractivity contribution in [2.24, 2.45) is 0 Å². The molecule has 0 aliphatic heterocycles. The van der Waals surface area contributed by atoms with Crippen LogP contribution in [0.2, 0.25) is 0 Å². The van der Waals surface area contributed by atoms with Crippen LogP contribution in [0.5, 0.6) is 5.75 Å². The van der Waals surface area contributed by atoms with Crippen LogP contribution >= 0.6 is 0 Å². The number of para-hydroxylation sites is 1. The lowest BCUT2D eigenvalue weighted by Gasteiger charge is -2.12. The second kappa shape index (κ2) is 9.05. The standard InChI is InChI=1S/C22H23N3O4/c1-3-17-6-4-5-7-19(17)23-20(26)15-25-13-12-24(21(27)22(25)28)14-16-8-10-18(29-2)11-9-16/h4-13H,3,14-15H2,1-2H3,(H,23,26). The van der Waals surface area contributed by atoms with Gasteiger partial charge in [-0.1, -0.05) is 37.3 Å². The van der Waals surface area contributed by atoms with E-state index < -0.39 is 11.1 Å². The Labute approximate surface area is 168 Å². The molecule has 2 aromatic carbocycles. The molecule has 0 spiro atoms. The zero-order chi connectivity index (χ0) is 20.8. The summed E-state index contributed by atoms with van der Waals surface area (Å²) >= 11 is 0. The summed E-state index contributed by atoms with van der Waals surface area (Å²) in [4.78, 5) is 37.2. The minimum Gasteiger partial charge on any atom is -0.497 e. The van der Waals surface area contributed by atoms with Gasteiger partial charge in [0.15, 0.2) is 0 Å². The van der Waals surface area contributed by atoms with Gasteiger partial charge in [-0.3, -0.25) is 19.0 Å². The topological polar surface area (TPSA) is 82.3 Å². The molecule has 7 heteroatoms. The number of aromatic nitrogens is 2. The van der Waals surface area contributed by atoms with Gasteiger partial charge in [0.1, 0.15) is 12.3 Å². The highest BCUT2D eigenvalue weighted by Gasteiger charge is 2.11. The quantitative estimate of drug-likeness (QED) is 0.625. The van der Waals surface area contributed by atoms with Crippen molar-refractivity contribution >= 4 is 11.6 Å². The molecule has 0 unspecified atom stereocenters. The van der Waals surface area contributed by atoms with Crippen LogP contribution in [0.15, 0.2) is 70.5 Å². The highest BCUT2D eigenvalue weighted by atomic mass is 16.5. The molecule has 0 atom stereocenters. The third-order valence-corrected chi connectivity index (χ3v) is 4.63. The molecule has 1 heterocycles. The molecule has 3 aromatic rings. The minimum absolute atomic E-state index is 0.227. The number of ether oxygens (including phenoxy) is 1. The molecular weight excluding hydrogens is 370 g/mol. The number of hydrogen-bond donors (Lipinski definition) is 1. The van der Waals surface area contributed by atoms with Crippen molar-refractivity contribution in [3.63, 3.8) is 0 Å². The third kappa shape index (κ3) is 4.82. The van der Waals surface area contributed by atoms with Gasteiger partial charge in [0.2, 0.25) is 5.91 Å². The van der Waals surface area contributed by atoms with Gasteiger partial charge in [-0.25, -0.2) is 0 Å². The molecule has 1 amide bonds. The number of nitrogens with zero attached hydrogens (tertiary/aromatic N) is 2. The normalized spacial score (nSPS) is 10.6. The Kier molecular flexibility index (Phi) is 6.29. The monoisotopic (exact) mass is 393 g/mol. The van der Waals surface area contributed by atoms with Crippen LogP contribution in [0.1, 0.15) is 18.1 Å². The van der Waals surface area contributed by atoms with Crippen LogP contribution in [-0.2, 0) is 24.3 Å². The lowest BCUT2D eigenvalue weighted by Crippen LogP contribution is -2.42. The van der Waals surface area contributed by atoms with Gasteiger partial charge in [0, 0.05) is 18.1 Å². The Balaban J connectivity index is 1.74. The molecule has 0 saturated carbocycles. The number of anilines is 1. The Morgan fingerprint density at radius 2 is 1.62 bits per heavy atom. The van der Waals surface area contributed by atoms with Crippen molar-refractivity contribution in [1.29, 1.82) is 0 Å². The number of amides is 1. The lowest BCUT2D eigenvalue weighted by atomic mass is 10.1. The van der Waals surface area contributed by atoms with Gasteiger partial charge >= 0.3 is 11.1 Å². The number of hydrogen-bond acceptors (Lipinski definition) is 4. The van der Waals surface area contributed by atoms with Crippen LogP contribution in [0.3, 0.4) is 0 Å². The van der Waals surface area contributed by atoms with E-state index in [1.165, 1.54) is 17.0 Å². The molecule has 0 fully saturated rings. The van der Waals surface area contributed by atoms with Crippen LogP contribution in [0, 0.1) is 0 Å². The molecule has 29 heavy (non-hydrogen) atoms. The molecular formula is C22H23N3O4. The van der Waals surface area contributed by atoms with Crippen molar-refractivity contribution in [2.75, 3.05) is 12.4 Å². The van der Waals surface area contributed by atoms with Gasteiger partial charge < -0.3 is 14.6 Å². The average Bonchev–Trinajstić information content (AvgIpc) is 2.74.